The Morgan fingerprint density at radius 2 is 1.93 bits per heavy atom. The van der Waals surface area contributed by atoms with E-state index in [0.29, 0.717) is 18.9 Å². The van der Waals surface area contributed by atoms with E-state index in [-0.39, 0.29) is 18.2 Å². The fourth-order valence-corrected chi connectivity index (χ4v) is 1.17. The lowest BCUT2D eigenvalue weighted by Gasteiger charge is -2.13. The van der Waals surface area contributed by atoms with Gasteiger partial charge in [-0.2, -0.15) is 0 Å². The summed E-state index contributed by atoms with van der Waals surface area (Å²) in [4.78, 5) is 22.2. The zero-order valence-corrected chi connectivity index (χ0v) is 9.67. The van der Waals surface area contributed by atoms with Gasteiger partial charge in [-0.1, -0.05) is 13.8 Å². The monoisotopic (exact) mass is 215 g/mol. The number of hydrogen-bond acceptors (Lipinski definition) is 3. The lowest BCUT2D eigenvalue weighted by Crippen LogP contribution is -2.42. The minimum Gasteiger partial charge on any atom is -0.359 e. The fraction of sp³-hybridized carbons (Fsp3) is 0.800. The minimum atomic E-state index is -0.477. The number of nitrogens with two attached hydrogens (primary N) is 1. The average Bonchev–Trinajstić information content (AvgIpc) is 2.16. The third-order valence-corrected chi connectivity index (χ3v) is 1.99. The summed E-state index contributed by atoms with van der Waals surface area (Å²) < 4.78 is 0. The van der Waals surface area contributed by atoms with Crippen LogP contribution in [-0.2, 0) is 9.59 Å². The second-order valence-electron chi connectivity index (χ2n) is 3.95. The lowest BCUT2D eigenvalue weighted by atomic mass is 10.0. The van der Waals surface area contributed by atoms with Crippen molar-refractivity contribution in [3.8, 4) is 0 Å². The van der Waals surface area contributed by atoms with Crippen LogP contribution >= 0.6 is 0 Å². The first kappa shape index (κ1) is 13.9. The molecule has 1 atom stereocenters. The molecule has 0 aromatic heterocycles. The maximum absolute atomic E-state index is 11.4. The molecule has 0 aliphatic heterocycles. The summed E-state index contributed by atoms with van der Waals surface area (Å²) in [5, 5.41) is 5.11. The highest BCUT2D eigenvalue weighted by atomic mass is 16.2. The van der Waals surface area contributed by atoms with E-state index in [0.717, 1.165) is 0 Å². The van der Waals surface area contributed by atoms with Gasteiger partial charge in [0, 0.05) is 20.0 Å². The highest BCUT2D eigenvalue weighted by Gasteiger charge is 2.14. The van der Waals surface area contributed by atoms with Gasteiger partial charge in [-0.3, -0.25) is 9.59 Å². The molecular weight excluding hydrogens is 194 g/mol. The molecule has 0 aliphatic carbocycles. The molecule has 0 aliphatic rings. The molecule has 0 radical (unpaired) electrons. The molecule has 0 saturated carbocycles. The summed E-state index contributed by atoms with van der Waals surface area (Å²) in [6.07, 6.45) is 0.947. The van der Waals surface area contributed by atoms with Crippen molar-refractivity contribution in [2.24, 2.45) is 11.7 Å². The van der Waals surface area contributed by atoms with Gasteiger partial charge in [0.05, 0.1) is 6.04 Å². The molecule has 0 heterocycles. The molecule has 0 aromatic rings. The topological polar surface area (TPSA) is 84.2 Å². The number of amides is 2. The molecule has 2 amide bonds. The van der Waals surface area contributed by atoms with Crippen molar-refractivity contribution in [2.45, 2.75) is 32.7 Å². The molecule has 88 valence electrons. The van der Waals surface area contributed by atoms with Gasteiger partial charge in [-0.05, 0) is 12.3 Å². The Bertz CT molecular complexity index is 217. The molecular formula is C10H21N3O2. The van der Waals surface area contributed by atoms with E-state index in [1.807, 2.05) is 13.8 Å². The molecule has 0 rings (SSSR count). The van der Waals surface area contributed by atoms with Crippen molar-refractivity contribution in [1.29, 1.82) is 0 Å². The van der Waals surface area contributed by atoms with Crippen LogP contribution in [-0.4, -0.2) is 31.4 Å². The van der Waals surface area contributed by atoms with Gasteiger partial charge in [-0.25, -0.2) is 0 Å². The average molecular weight is 215 g/mol. The Hall–Kier alpha value is -1.10. The van der Waals surface area contributed by atoms with Gasteiger partial charge in [0.1, 0.15) is 0 Å². The summed E-state index contributed by atoms with van der Waals surface area (Å²) in [5.74, 6) is 0.116. The lowest BCUT2D eigenvalue weighted by molar-refractivity contribution is -0.123. The predicted molar refractivity (Wildman–Crippen MR) is 59.1 cm³/mol. The van der Waals surface area contributed by atoms with E-state index in [1.165, 1.54) is 0 Å². The quantitative estimate of drug-likeness (QED) is 0.564. The first-order chi connectivity index (χ1) is 6.97. The number of rotatable bonds is 6. The number of nitrogens with one attached hydrogen (secondary N) is 2. The second kappa shape index (κ2) is 7.23. The summed E-state index contributed by atoms with van der Waals surface area (Å²) >= 11 is 0. The number of carbonyl (C=O) groups is 2. The Morgan fingerprint density at radius 1 is 1.33 bits per heavy atom. The molecule has 5 nitrogen and oxygen atoms in total. The molecule has 1 unspecified atom stereocenters. The van der Waals surface area contributed by atoms with Crippen LogP contribution in [0.1, 0.15) is 26.7 Å². The van der Waals surface area contributed by atoms with Gasteiger partial charge in [-0.15, -0.1) is 0 Å². The van der Waals surface area contributed by atoms with Crippen LogP contribution in [0.2, 0.25) is 0 Å². The third kappa shape index (κ3) is 6.90. The predicted octanol–water partition coefficient (Wildman–Crippen LogP) is -0.388. The van der Waals surface area contributed by atoms with Crippen LogP contribution in [0.25, 0.3) is 0 Å². The second-order valence-corrected chi connectivity index (χ2v) is 3.95. The number of carbonyl (C=O) groups excluding carboxylic acids is 2. The highest BCUT2D eigenvalue weighted by molar-refractivity contribution is 5.82. The standard InChI is InChI=1S/C10H21N3O2/c1-7(2)6-8(11)10(15)13-5-4-9(14)12-3/h7-8H,4-6,11H2,1-3H3,(H,12,14)(H,13,15). The molecule has 0 aromatic carbocycles. The van der Waals surface area contributed by atoms with Crippen LogP contribution in [0, 0.1) is 5.92 Å². The summed E-state index contributed by atoms with van der Waals surface area (Å²) in [6.45, 7) is 4.36. The van der Waals surface area contributed by atoms with Crippen molar-refractivity contribution >= 4 is 11.8 Å². The van der Waals surface area contributed by atoms with E-state index >= 15 is 0 Å². The molecule has 5 heteroatoms. The summed E-state index contributed by atoms with van der Waals surface area (Å²) in [7, 11) is 1.56. The summed E-state index contributed by atoms with van der Waals surface area (Å²) in [5.41, 5.74) is 5.65. The van der Waals surface area contributed by atoms with Crippen LogP contribution in [0.5, 0.6) is 0 Å². The zero-order valence-electron chi connectivity index (χ0n) is 9.67. The Kier molecular flexibility index (Phi) is 6.70. The van der Waals surface area contributed by atoms with E-state index in [9.17, 15) is 9.59 Å². The molecule has 0 fully saturated rings. The van der Waals surface area contributed by atoms with Gasteiger partial charge in [0.25, 0.3) is 0 Å². The smallest absolute Gasteiger partial charge is 0.236 e. The van der Waals surface area contributed by atoms with E-state index in [4.69, 9.17) is 5.73 Å². The van der Waals surface area contributed by atoms with Crippen molar-refractivity contribution < 1.29 is 9.59 Å². The molecule has 15 heavy (non-hydrogen) atoms. The van der Waals surface area contributed by atoms with Gasteiger partial charge in [0.15, 0.2) is 0 Å². The van der Waals surface area contributed by atoms with Crippen LogP contribution in [0.15, 0.2) is 0 Å². The summed E-state index contributed by atoms with van der Waals surface area (Å²) in [6, 6.07) is -0.477. The maximum atomic E-state index is 11.4. The SMILES string of the molecule is CNC(=O)CCNC(=O)C(N)CC(C)C. The molecule has 0 spiro atoms. The third-order valence-electron chi connectivity index (χ3n) is 1.99. The number of hydrogen-bond donors (Lipinski definition) is 3. The Balaban J connectivity index is 3.69. The van der Waals surface area contributed by atoms with Crippen LogP contribution < -0.4 is 16.4 Å². The largest absolute Gasteiger partial charge is 0.359 e. The molecule has 0 saturated heterocycles. The highest BCUT2D eigenvalue weighted by Crippen LogP contribution is 2.02. The Labute approximate surface area is 90.8 Å². The van der Waals surface area contributed by atoms with Crippen molar-refractivity contribution in [3.63, 3.8) is 0 Å². The minimum absolute atomic E-state index is 0.0901. The van der Waals surface area contributed by atoms with E-state index in [2.05, 4.69) is 10.6 Å². The zero-order chi connectivity index (χ0) is 11.8. The fourth-order valence-electron chi connectivity index (χ4n) is 1.17. The first-order valence-corrected chi connectivity index (χ1v) is 5.21. The maximum Gasteiger partial charge on any atom is 0.236 e. The van der Waals surface area contributed by atoms with E-state index < -0.39 is 6.04 Å². The van der Waals surface area contributed by atoms with Gasteiger partial charge >= 0.3 is 0 Å². The van der Waals surface area contributed by atoms with Crippen molar-refractivity contribution in [3.05, 3.63) is 0 Å². The van der Waals surface area contributed by atoms with Gasteiger partial charge in [0.2, 0.25) is 11.8 Å². The molecule has 0 bridgehead atoms. The van der Waals surface area contributed by atoms with Crippen LogP contribution in [0.4, 0.5) is 0 Å². The molecule has 4 N–H and O–H groups in total. The van der Waals surface area contributed by atoms with Crippen molar-refractivity contribution in [2.75, 3.05) is 13.6 Å². The normalized spacial score (nSPS) is 12.3. The first-order valence-electron chi connectivity index (χ1n) is 5.21. The Morgan fingerprint density at radius 3 is 2.40 bits per heavy atom. The van der Waals surface area contributed by atoms with Crippen LogP contribution in [0.3, 0.4) is 0 Å². The van der Waals surface area contributed by atoms with E-state index in [1.54, 1.807) is 7.05 Å². The van der Waals surface area contributed by atoms with Gasteiger partial charge < -0.3 is 16.4 Å². The van der Waals surface area contributed by atoms with Crippen molar-refractivity contribution in [1.82, 2.24) is 10.6 Å².